The van der Waals surface area contributed by atoms with Gasteiger partial charge >= 0.3 is 0 Å². The minimum absolute atomic E-state index is 0.206. The monoisotopic (exact) mass is 297 g/mol. The molecule has 0 radical (unpaired) electrons. The van der Waals surface area contributed by atoms with Gasteiger partial charge in [-0.15, -0.1) is 0 Å². The Kier molecular flexibility index (Phi) is 3.24. The number of nitrogens with zero attached hydrogens (tertiary/aromatic N) is 2. The summed E-state index contributed by atoms with van der Waals surface area (Å²) >= 11 is 0. The summed E-state index contributed by atoms with van der Waals surface area (Å²) in [5, 5.41) is 12.0. The number of ether oxygens (including phenoxy) is 1. The second-order valence-electron chi connectivity index (χ2n) is 5.78. The van der Waals surface area contributed by atoms with Gasteiger partial charge in [-0.3, -0.25) is 4.90 Å². The Balaban J connectivity index is 1.81. The van der Waals surface area contributed by atoms with Gasteiger partial charge in [-0.2, -0.15) is 0 Å². The van der Waals surface area contributed by atoms with E-state index in [0.717, 1.165) is 53.9 Å². The highest BCUT2D eigenvalue weighted by molar-refractivity contribution is 6.07. The van der Waals surface area contributed by atoms with Crippen molar-refractivity contribution in [3.05, 3.63) is 36.2 Å². The first kappa shape index (κ1) is 13.5. The number of imidazole rings is 1. The van der Waals surface area contributed by atoms with Gasteiger partial charge in [-0.1, -0.05) is 24.3 Å². The van der Waals surface area contributed by atoms with Crippen LogP contribution in [0.25, 0.3) is 21.8 Å². The van der Waals surface area contributed by atoms with Crippen molar-refractivity contribution in [3.63, 3.8) is 0 Å². The molecule has 1 fully saturated rings. The maximum atomic E-state index is 10.2. The summed E-state index contributed by atoms with van der Waals surface area (Å²) in [6.07, 6.45) is 0. The van der Waals surface area contributed by atoms with E-state index in [9.17, 15) is 5.11 Å². The first-order valence-corrected chi connectivity index (χ1v) is 7.66. The third-order valence-electron chi connectivity index (χ3n) is 4.48. The molecule has 1 saturated heterocycles. The third-order valence-corrected chi connectivity index (χ3v) is 4.48. The van der Waals surface area contributed by atoms with Crippen molar-refractivity contribution in [2.45, 2.75) is 13.0 Å². The summed E-state index contributed by atoms with van der Waals surface area (Å²) in [6.45, 7) is 5.54. The molecule has 0 bridgehead atoms. The molecule has 1 unspecified atom stereocenters. The van der Waals surface area contributed by atoms with Gasteiger partial charge in [-0.25, -0.2) is 4.98 Å². The molecular weight excluding hydrogens is 278 g/mol. The number of rotatable bonds is 2. The molecule has 1 atom stereocenters. The van der Waals surface area contributed by atoms with Gasteiger partial charge < -0.3 is 14.8 Å². The fourth-order valence-corrected chi connectivity index (χ4v) is 3.18. The van der Waals surface area contributed by atoms with Crippen molar-refractivity contribution < 1.29 is 9.84 Å². The van der Waals surface area contributed by atoms with E-state index >= 15 is 0 Å². The molecule has 0 aliphatic carbocycles. The van der Waals surface area contributed by atoms with Crippen molar-refractivity contribution in [1.29, 1.82) is 0 Å². The quantitative estimate of drug-likeness (QED) is 0.763. The van der Waals surface area contributed by atoms with E-state index in [4.69, 9.17) is 9.72 Å². The lowest BCUT2D eigenvalue weighted by Crippen LogP contribution is -2.38. The molecule has 0 amide bonds. The largest absolute Gasteiger partial charge is 0.507 e. The second kappa shape index (κ2) is 5.26. The molecule has 2 N–H and O–H groups in total. The molecule has 3 aromatic rings. The second-order valence-corrected chi connectivity index (χ2v) is 5.78. The molecule has 4 rings (SSSR count). The summed E-state index contributed by atoms with van der Waals surface area (Å²) in [4.78, 5) is 10.5. The van der Waals surface area contributed by atoms with Gasteiger partial charge in [0.15, 0.2) is 0 Å². The number of phenolic OH excluding ortho intramolecular Hbond substituents is 1. The molecule has 0 saturated carbocycles. The number of aromatic nitrogens is 2. The van der Waals surface area contributed by atoms with E-state index in [1.807, 2.05) is 24.3 Å². The van der Waals surface area contributed by atoms with E-state index in [1.165, 1.54) is 0 Å². The van der Waals surface area contributed by atoms with Crippen LogP contribution >= 0.6 is 0 Å². The van der Waals surface area contributed by atoms with Crippen molar-refractivity contribution in [3.8, 4) is 5.75 Å². The van der Waals surface area contributed by atoms with Crippen molar-refractivity contribution >= 4 is 21.8 Å². The zero-order valence-corrected chi connectivity index (χ0v) is 12.5. The van der Waals surface area contributed by atoms with Gasteiger partial charge in [0, 0.05) is 29.9 Å². The number of morpholine rings is 1. The molecule has 1 aromatic heterocycles. The molecule has 1 aliphatic rings. The number of benzene rings is 2. The standard InChI is InChI=1S/C17H19N3O2/c1-11(20-6-8-22-9-7-20)17-18-14-10-15(21)12-4-2-3-5-13(12)16(14)19-17/h2-5,10-11,21H,6-9H2,1H3,(H,18,19). The van der Waals surface area contributed by atoms with E-state index in [-0.39, 0.29) is 11.8 Å². The third kappa shape index (κ3) is 2.14. The highest BCUT2D eigenvalue weighted by Crippen LogP contribution is 2.32. The molecule has 2 heterocycles. The highest BCUT2D eigenvalue weighted by Gasteiger charge is 2.22. The minimum atomic E-state index is 0.206. The van der Waals surface area contributed by atoms with Gasteiger partial charge in [-0.05, 0) is 6.92 Å². The highest BCUT2D eigenvalue weighted by atomic mass is 16.5. The Labute approximate surface area is 128 Å². The average molecular weight is 297 g/mol. The lowest BCUT2D eigenvalue weighted by Gasteiger charge is -2.31. The van der Waals surface area contributed by atoms with E-state index in [1.54, 1.807) is 6.07 Å². The molecular formula is C17H19N3O2. The summed E-state index contributed by atoms with van der Waals surface area (Å²) < 4.78 is 5.41. The molecule has 22 heavy (non-hydrogen) atoms. The molecule has 5 nitrogen and oxygen atoms in total. The molecule has 114 valence electrons. The van der Waals surface area contributed by atoms with Crippen LogP contribution in [0.2, 0.25) is 0 Å². The Hall–Kier alpha value is -2.11. The minimum Gasteiger partial charge on any atom is -0.507 e. The van der Waals surface area contributed by atoms with E-state index < -0.39 is 0 Å². The maximum absolute atomic E-state index is 10.2. The molecule has 5 heteroatoms. The number of aromatic hydroxyl groups is 1. The lowest BCUT2D eigenvalue weighted by atomic mass is 10.1. The molecule has 2 aromatic carbocycles. The maximum Gasteiger partial charge on any atom is 0.125 e. The van der Waals surface area contributed by atoms with Crippen molar-refractivity contribution in [2.24, 2.45) is 0 Å². The van der Waals surface area contributed by atoms with Crippen molar-refractivity contribution in [1.82, 2.24) is 14.9 Å². The van der Waals surface area contributed by atoms with Crippen LogP contribution in [0.15, 0.2) is 30.3 Å². The number of aromatic amines is 1. The predicted octanol–water partition coefficient (Wildman–Crippen LogP) is 2.81. The van der Waals surface area contributed by atoms with Crippen LogP contribution in [0.1, 0.15) is 18.8 Å². The first-order valence-electron chi connectivity index (χ1n) is 7.66. The van der Waals surface area contributed by atoms with Gasteiger partial charge in [0.1, 0.15) is 11.6 Å². The van der Waals surface area contributed by atoms with Crippen molar-refractivity contribution in [2.75, 3.05) is 26.3 Å². The number of H-pyrrole nitrogens is 1. The SMILES string of the molecule is CC(c1nc2c(cc(O)c3ccccc32)[nH]1)N1CCOCC1. The summed E-state index contributed by atoms with van der Waals surface area (Å²) in [7, 11) is 0. The van der Waals surface area contributed by atoms with Crippen LogP contribution in [0.3, 0.4) is 0 Å². The molecule has 0 spiro atoms. The number of hydrogen-bond acceptors (Lipinski definition) is 4. The van der Waals surface area contributed by atoms with Gasteiger partial charge in [0.05, 0.1) is 30.3 Å². The van der Waals surface area contributed by atoms with Crippen LogP contribution in [0, 0.1) is 0 Å². The summed E-state index contributed by atoms with van der Waals surface area (Å²) in [5.74, 6) is 1.23. The summed E-state index contributed by atoms with van der Waals surface area (Å²) in [6, 6.07) is 9.79. The fraction of sp³-hybridized carbons (Fsp3) is 0.353. The Morgan fingerprint density at radius 3 is 2.73 bits per heavy atom. The summed E-state index contributed by atoms with van der Waals surface area (Å²) in [5.41, 5.74) is 1.80. The topological polar surface area (TPSA) is 61.4 Å². The first-order chi connectivity index (χ1) is 10.7. The molecule has 1 aliphatic heterocycles. The van der Waals surface area contributed by atoms with Gasteiger partial charge in [0.25, 0.3) is 0 Å². The smallest absolute Gasteiger partial charge is 0.125 e. The van der Waals surface area contributed by atoms with Gasteiger partial charge in [0.2, 0.25) is 0 Å². The Morgan fingerprint density at radius 2 is 1.95 bits per heavy atom. The fourth-order valence-electron chi connectivity index (χ4n) is 3.18. The number of hydrogen-bond donors (Lipinski definition) is 2. The zero-order valence-electron chi connectivity index (χ0n) is 12.5. The van der Waals surface area contributed by atoms with Crippen LogP contribution in [0.4, 0.5) is 0 Å². The number of fused-ring (bicyclic) bond motifs is 3. The van der Waals surface area contributed by atoms with Crippen LogP contribution in [0.5, 0.6) is 5.75 Å². The zero-order chi connectivity index (χ0) is 15.1. The van der Waals surface area contributed by atoms with Crippen LogP contribution in [-0.4, -0.2) is 46.3 Å². The number of nitrogens with one attached hydrogen (secondary N) is 1. The Morgan fingerprint density at radius 1 is 1.23 bits per heavy atom. The normalized spacial score (nSPS) is 18.0. The van der Waals surface area contributed by atoms with Crippen LogP contribution < -0.4 is 0 Å². The van der Waals surface area contributed by atoms with E-state index in [2.05, 4.69) is 16.8 Å². The average Bonchev–Trinajstić information content (AvgIpc) is 2.99. The Bertz CT molecular complexity index is 821. The predicted molar refractivity (Wildman–Crippen MR) is 86.1 cm³/mol. The lowest BCUT2D eigenvalue weighted by molar-refractivity contribution is 0.0184. The van der Waals surface area contributed by atoms with Crippen LogP contribution in [-0.2, 0) is 4.74 Å². The number of phenols is 1. The van der Waals surface area contributed by atoms with E-state index in [0.29, 0.717) is 0 Å².